The molecule has 0 aromatic heterocycles. The van der Waals surface area contributed by atoms with Crippen molar-refractivity contribution in [1.29, 1.82) is 0 Å². The maximum Gasteiger partial charge on any atom is 0.0591 e. The van der Waals surface area contributed by atoms with E-state index in [4.69, 9.17) is 16.3 Å². The fraction of sp³-hybridized carbons (Fsp3) is 0.571. The maximum absolute atomic E-state index is 6.12. The molecule has 1 saturated carbocycles. The predicted octanol–water partition coefficient (Wildman–Crippen LogP) is 2.61. The van der Waals surface area contributed by atoms with Gasteiger partial charge in [0.15, 0.2) is 0 Å². The third kappa shape index (κ3) is 1.62. The van der Waals surface area contributed by atoms with Crippen LogP contribution in [-0.4, -0.2) is 26.8 Å². The van der Waals surface area contributed by atoms with Gasteiger partial charge in [0.2, 0.25) is 0 Å². The molecule has 0 amide bonds. The highest BCUT2D eigenvalue weighted by molar-refractivity contribution is 6.30. The number of nitrogens with one attached hydrogen (secondary N) is 1. The van der Waals surface area contributed by atoms with Gasteiger partial charge in [0.05, 0.1) is 13.2 Å². The van der Waals surface area contributed by atoms with E-state index < -0.39 is 0 Å². The van der Waals surface area contributed by atoms with Crippen LogP contribution in [0.4, 0.5) is 0 Å². The first-order valence-corrected chi connectivity index (χ1v) is 6.59. The largest absolute Gasteiger partial charge is 0.379 e. The van der Waals surface area contributed by atoms with Gasteiger partial charge >= 0.3 is 0 Å². The summed E-state index contributed by atoms with van der Waals surface area (Å²) in [5, 5.41) is 4.17. The van der Waals surface area contributed by atoms with Gasteiger partial charge in [-0.15, -0.1) is 0 Å². The predicted molar refractivity (Wildman–Crippen MR) is 69.5 cm³/mol. The zero-order valence-electron chi connectivity index (χ0n) is 10.1. The topological polar surface area (TPSA) is 21.3 Å². The Morgan fingerprint density at radius 1 is 1.35 bits per heavy atom. The highest BCUT2D eigenvalue weighted by Crippen LogP contribution is 2.62. The highest BCUT2D eigenvalue weighted by atomic mass is 35.5. The van der Waals surface area contributed by atoms with Crippen LogP contribution in [0.2, 0.25) is 5.02 Å². The van der Waals surface area contributed by atoms with Gasteiger partial charge in [-0.25, -0.2) is 0 Å². The number of ether oxygens (including phenoxy) is 1. The smallest absolute Gasteiger partial charge is 0.0591 e. The molecule has 0 atom stereocenters. The highest BCUT2D eigenvalue weighted by Gasteiger charge is 2.62. The van der Waals surface area contributed by atoms with Crippen molar-refractivity contribution >= 4 is 11.6 Å². The van der Waals surface area contributed by atoms with Crippen LogP contribution in [0.3, 0.4) is 0 Å². The van der Waals surface area contributed by atoms with E-state index in [9.17, 15) is 0 Å². The fourth-order valence-electron chi connectivity index (χ4n) is 3.19. The molecule has 3 heteroatoms. The average molecular weight is 252 g/mol. The zero-order chi connectivity index (χ0) is 11.9. The Hall–Kier alpha value is -0.570. The molecule has 2 aliphatic rings. The number of hydrogen-bond donors (Lipinski definition) is 1. The summed E-state index contributed by atoms with van der Waals surface area (Å²) >= 11 is 6.12. The summed E-state index contributed by atoms with van der Waals surface area (Å²) in [4.78, 5) is 0. The van der Waals surface area contributed by atoms with Crippen molar-refractivity contribution in [3.8, 4) is 0 Å². The third-order valence-corrected chi connectivity index (χ3v) is 4.69. The standard InChI is InChI=1S/C14H18ClNO/c1-16-8-13(5-6-13)14(9-17-10-14)11-3-2-4-12(15)7-11/h2-4,7,16H,5-6,8-10H2,1H3. The van der Waals surface area contributed by atoms with Crippen LogP contribution in [0.1, 0.15) is 18.4 Å². The normalized spacial score (nSPS) is 24.1. The minimum Gasteiger partial charge on any atom is -0.379 e. The van der Waals surface area contributed by atoms with Crippen LogP contribution in [-0.2, 0) is 10.2 Å². The van der Waals surface area contributed by atoms with E-state index in [1.165, 1.54) is 18.4 Å². The molecule has 1 saturated heterocycles. The van der Waals surface area contributed by atoms with Crippen molar-refractivity contribution in [1.82, 2.24) is 5.32 Å². The summed E-state index contributed by atoms with van der Waals surface area (Å²) in [6.07, 6.45) is 2.59. The fourth-order valence-corrected chi connectivity index (χ4v) is 3.38. The first kappa shape index (κ1) is 11.5. The van der Waals surface area contributed by atoms with E-state index in [2.05, 4.69) is 17.4 Å². The number of hydrogen-bond acceptors (Lipinski definition) is 2. The van der Waals surface area contributed by atoms with Crippen molar-refractivity contribution < 1.29 is 4.74 Å². The van der Waals surface area contributed by atoms with Crippen LogP contribution in [0, 0.1) is 5.41 Å². The first-order valence-electron chi connectivity index (χ1n) is 6.21. The number of halogens is 1. The summed E-state index contributed by atoms with van der Waals surface area (Å²) in [5.41, 5.74) is 1.94. The summed E-state index contributed by atoms with van der Waals surface area (Å²) in [6, 6.07) is 8.30. The molecule has 0 unspecified atom stereocenters. The monoisotopic (exact) mass is 251 g/mol. The lowest BCUT2D eigenvalue weighted by atomic mass is 9.66. The molecular formula is C14H18ClNO. The van der Waals surface area contributed by atoms with Gasteiger partial charge < -0.3 is 10.1 Å². The van der Waals surface area contributed by atoms with E-state index >= 15 is 0 Å². The maximum atomic E-state index is 6.12. The van der Waals surface area contributed by atoms with E-state index in [1.807, 2.05) is 19.2 Å². The van der Waals surface area contributed by atoms with Crippen LogP contribution in [0.5, 0.6) is 0 Å². The van der Waals surface area contributed by atoms with E-state index in [-0.39, 0.29) is 5.41 Å². The van der Waals surface area contributed by atoms with Crippen molar-refractivity contribution in [2.24, 2.45) is 5.41 Å². The van der Waals surface area contributed by atoms with Crippen molar-refractivity contribution in [3.05, 3.63) is 34.9 Å². The van der Waals surface area contributed by atoms with E-state index in [0.29, 0.717) is 5.41 Å². The Kier molecular flexibility index (Phi) is 2.69. The Bertz CT molecular complexity index is 424. The Morgan fingerprint density at radius 3 is 2.59 bits per heavy atom. The molecule has 2 nitrogen and oxygen atoms in total. The lowest BCUT2D eigenvalue weighted by Gasteiger charge is -2.48. The second-order valence-electron chi connectivity index (χ2n) is 5.40. The van der Waals surface area contributed by atoms with Gasteiger partial charge in [-0.2, -0.15) is 0 Å². The molecule has 92 valence electrons. The van der Waals surface area contributed by atoms with Gasteiger partial charge in [0.25, 0.3) is 0 Å². The van der Waals surface area contributed by atoms with Crippen molar-refractivity contribution in [3.63, 3.8) is 0 Å². The van der Waals surface area contributed by atoms with Crippen molar-refractivity contribution in [2.45, 2.75) is 18.3 Å². The van der Waals surface area contributed by atoms with Crippen molar-refractivity contribution in [2.75, 3.05) is 26.8 Å². The molecule has 1 heterocycles. The van der Waals surface area contributed by atoms with Gasteiger partial charge in [-0.3, -0.25) is 0 Å². The molecule has 1 aliphatic heterocycles. The summed E-state index contributed by atoms with van der Waals surface area (Å²) in [7, 11) is 2.03. The summed E-state index contributed by atoms with van der Waals surface area (Å²) in [6.45, 7) is 2.76. The third-order valence-electron chi connectivity index (χ3n) is 4.46. The van der Waals surface area contributed by atoms with Gasteiger partial charge in [0, 0.05) is 17.0 Å². The van der Waals surface area contributed by atoms with E-state index in [1.54, 1.807) is 0 Å². The molecule has 3 rings (SSSR count). The van der Waals surface area contributed by atoms with Crippen LogP contribution in [0.15, 0.2) is 24.3 Å². The minimum absolute atomic E-state index is 0.195. The van der Waals surface area contributed by atoms with Crippen LogP contribution >= 0.6 is 11.6 Å². The molecule has 2 fully saturated rings. The quantitative estimate of drug-likeness (QED) is 0.888. The van der Waals surface area contributed by atoms with Gasteiger partial charge in [-0.05, 0) is 43.0 Å². The summed E-state index contributed by atoms with van der Waals surface area (Å²) in [5.74, 6) is 0. The second kappa shape index (κ2) is 3.98. The summed E-state index contributed by atoms with van der Waals surface area (Å²) < 4.78 is 5.53. The number of benzene rings is 1. The zero-order valence-corrected chi connectivity index (χ0v) is 10.9. The molecule has 0 radical (unpaired) electrons. The first-order chi connectivity index (χ1) is 8.22. The number of rotatable bonds is 4. The van der Waals surface area contributed by atoms with Gasteiger partial charge in [-0.1, -0.05) is 23.7 Å². The minimum atomic E-state index is 0.195. The van der Waals surface area contributed by atoms with Crippen LogP contribution < -0.4 is 5.32 Å². The molecule has 1 aliphatic carbocycles. The van der Waals surface area contributed by atoms with Crippen LogP contribution in [0.25, 0.3) is 0 Å². The van der Waals surface area contributed by atoms with Gasteiger partial charge in [0.1, 0.15) is 0 Å². The molecule has 1 aromatic rings. The second-order valence-corrected chi connectivity index (χ2v) is 5.83. The van der Waals surface area contributed by atoms with E-state index in [0.717, 1.165) is 24.8 Å². The molecule has 17 heavy (non-hydrogen) atoms. The molecule has 1 N–H and O–H groups in total. The lowest BCUT2D eigenvalue weighted by Crippen LogP contribution is -2.56. The Balaban J connectivity index is 1.97. The average Bonchev–Trinajstić information content (AvgIpc) is 2.98. The molecular weight excluding hydrogens is 234 g/mol. The lowest BCUT2D eigenvalue weighted by molar-refractivity contribution is -0.0986. The molecule has 0 spiro atoms. The Labute approximate surface area is 107 Å². The Morgan fingerprint density at radius 2 is 2.12 bits per heavy atom. The SMILES string of the molecule is CNCC1(C2(c3cccc(Cl)c3)COC2)CC1. The molecule has 1 aromatic carbocycles. The molecule has 0 bridgehead atoms.